The van der Waals surface area contributed by atoms with Crippen LogP contribution in [0.2, 0.25) is 0 Å². The van der Waals surface area contributed by atoms with Crippen LogP contribution in [0.25, 0.3) is 55.1 Å². The maximum absolute atomic E-state index is 5.17. The van der Waals surface area contributed by atoms with Crippen molar-refractivity contribution < 1.29 is 0 Å². The Labute approximate surface area is 187 Å². The molecule has 152 valence electrons. The quantitative estimate of drug-likeness (QED) is 0.271. The van der Waals surface area contributed by atoms with E-state index < -0.39 is 0 Å². The minimum atomic E-state index is 0.915. The maximum atomic E-state index is 5.17. The van der Waals surface area contributed by atoms with E-state index in [1.54, 1.807) is 0 Å². The van der Waals surface area contributed by atoms with Crippen molar-refractivity contribution in [2.45, 2.75) is 13.8 Å². The highest BCUT2D eigenvalue weighted by Gasteiger charge is 2.19. The van der Waals surface area contributed by atoms with Gasteiger partial charge in [-0.1, -0.05) is 96.1 Å². The Bertz CT molecular complexity index is 1490. The number of hydrogen-bond acceptors (Lipinski definition) is 2. The van der Waals surface area contributed by atoms with Crippen LogP contribution >= 0.6 is 0 Å². The molecule has 6 rings (SSSR count). The Morgan fingerprint density at radius 1 is 0.438 bits per heavy atom. The Balaban J connectivity index is 1.85. The summed E-state index contributed by atoms with van der Waals surface area (Å²) in [4.78, 5) is 10.3. The maximum Gasteiger partial charge on any atom is 0.0985 e. The largest absolute Gasteiger partial charge is 0.244 e. The van der Waals surface area contributed by atoms with E-state index in [2.05, 4.69) is 86.6 Å². The van der Waals surface area contributed by atoms with Gasteiger partial charge in [-0.05, 0) is 47.9 Å². The minimum Gasteiger partial charge on any atom is -0.244 e. The molecule has 1 aromatic heterocycles. The van der Waals surface area contributed by atoms with Gasteiger partial charge in [0.2, 0.25) is 0 Å². The van der Waals surface area contributed by atoms with Crippen molar-refractivity contribution in [1.82, 2.24) is 9.97 Å². The number of benzene rings is 5. The average Bonchev–Trinajstić information content (AvgIpc) is 2.83. The molecule has 0 aliphatic rings. The Kier molecular flexibility index (Phi) is 4.26. The Hall–Kier alpha value is -4.04. The molecule has 2 heteroatoms. The number of para-hydroxylation sites is 2. The lowest BCUT2D eigenvalue weighted by atomic mass is 9.89. The topological polar surface area (TPSA) is 25.8 Å². The van der Waals surface area contributed by atoms with E-state index >= 15 is 0 Å². The summed E-state index contributed by atoms with van der Waals surface area (Å²) in [5.41, 5.74) is 10.8. The standard InChI is InChI=1S/C30H22N2/c1-19-11-15-21(16-12-19)27-23-7-3-4-8-24(23)28(22-17-13-20(2)14-18-22)30-29(27)31-25-9-5-6-10-26(25)32-30/h3-18H,1-2H3. The lowest BCUT2D eigenvalue weighted by Crippen LogP contribution is -1.96. The second-order valence-electron chi connectivity index (χ2n) is 8.44. The number of hydrogen-bond donors (Lipinski definition) is 0. The molecule has 0 N–H and O–H groups in total. The van der Waals surface area contributed by atoms with Gasteiger partial charge in [0.15, 0.2) is 0 Å². The summed E-state index contributed by atoms with van der Waals surface area (Å²) in [5, 5.41) is 2.40. The van der Waals surface area contributed by atoms with E-state index in [0.717, 1.165) is 44.3 Å². The minimum absolute atomic E-state index is 0.915. The van der Waals surface area contributed by atoms with Crippen LogP contribution in [-0.2, 0) is 0 Å². The molecule has 5 aromatic carbocycles. The van der Waals surface area contributed by atoms with Gasteiger partial charge in [0, 0.05) is 11.1 Å². The molecule has 0 saturated carbocycles. The average molecular weight is 411 g/mol. The van der Waals surface area contributed by atoms with Gasteiger partial charge in [-0.25, -0.2) is 9.97 Å². The summed E-state index contributed by atoms with van der Waals surface area (Å²) in [5.74, 6) is 0. The van der Waals surface area contributed by atoms with Gasteiger partial charge < -0.3 is 0 Å². The highest BCUT2D eigenvalue weighted by atomic mass is 14.8. The molecule has 0 amide bonds. The first-order chi connectivity index (χ1) is 15.7. The van der Waals surface area contributed by atoms with Crippen molar-refractivity contribution in [3.63, 3.8) is 0 Å². The van der Waals surface area contributed by atoms with Crippen LogP contribution in [0.1, 0.15) is 11.1 Å². The smallest absolute Gasteiger partial charge is 0.0985 e. The van der Waals surface area contributed by atoms with E-state index in [4.69, 9.17) is 9.97 Å². The van der Waals surface area contributed by atoms with Gasteiger partial charge in [-0.3, -0.25) is 0 Å². The highest BCUT2D eigenvalue weighted by molar-refractivity contribution is 6.20. The van der Waals surface area contributed by atoms with Crippen LogP contribution in [0.3, 0.4) is 0 Å². The summed E-state index contributed by atoms with van der Waals surface area (Å²) in [6.45, 7) is 4.24. The van der Waals surface area contributed by atoms with Crippen LogP contribution in [0.4, 0.5) is 0 Å². The van der Waals surface area contributed by atoms with Gasteiger partial charge in [0.25, 0.3) is 0 Å². The van der Waals surface area contributed by atoms with Gasteiger partial charge in [-0.2, -0.15) is 0 Å². The summed E-state index contributed by atoms with van der Waals surface area (Å²) >= 11 is 0. The fourth-order valence-corrected chi connectivity index (χ4v) is 4.55. The van der Waals surface area contributed by atoms with Crippen LogP contribution in [0.15, 0.2) is 97.1 Å². The van der Waals surface area contributed by atoms with Crippen molar-refractivity contribution in [1.29, 1.82) is 0 Å². The number of aryl methyl sites for hydroxylation is 2. The first-order valence-corrected chi connectivity index (χ1v) is 10.9. The van der Waals surface area contributed by atoms with E-state index in [-0.39, 0.29) is 0 Å². The summed E-state index contributed by atoms with van der Waals surface area (Å²) in [6.07, 6.45) is 0. The van der Waals surface area contributed by atoms with Crippen LogP contribution in [0, 0.1) is 13.8 Å². The van der Waals surface area contributed by atoms with Gasteiger partial charge in [0.1, 0.15) is 0 Å². The van der Waals surface area contributed by atoms with Crippen molar-refractivity contribution in [2.24, 2.45) is 0 Å². The lowest BCUT2D eigenvalue weighted by Gasteiger charge is -2.17. The molecule has 0 spiro atoms. The van der Waals surface area contributed by atoms with Crippen LogP contribution < -0.4 is 0 Å². The van der Waals surface area contributed by atoms with Crippen molar-refractivity contribution in [3.8, 4) is 22.3 Å². The predicted molar refractivity (Wildman–Crippen MR) is 135 cm³/mol. The molecular weight excluding hydrogens is 388 g/mol. The molecule has 0 fully saturated rings. The Morgan fingerprint density at radius 2 is 0.812 bits per heavy atom. The van der Waals surface area contributed by atoms with Crippen molar-refractivity contribution in [2.75, 3.05) is 0 Å². The summed E-state index contributed by atoms with van der Waals surface area (Å²) in [6, 6.07) is 34.2. The molecule has 2 nitrogen and oxygen atoms in total. The third-order valence-corrected chi connectivity index (χ3v) is 6.19. The monoisotopic (exact) mass is 410 g/mol. The molecule has 6 aromatic rings. The molecule has 0 aliphatic carbocycles. The zero-order valence-electron chi connectivity index (χ0n) is 18.1. The zero-order chi connectivity index (χ0) is 21.7. The number of aromatic nitrogens is 2. The molecule has 0 unspecified atom stereocenters. The van der Waals surface area contributed by atoms with Gasteiger partial charge in [0.05, 0.1) is 22.1 Å². The molecule has 0 bridgehead atoms. The highest BCUT2D eigenvalue weighted by Crippen LogP contribution is 2.42. The molecule has 1 heterocycles. The SMILES string of the molecule is Cc1ccc(-c2c3ccccc3c(-c3ccc(C)cc3)c3nc4ccccc4nc23)cc1. The number of fused-ring (bicyclic) bond motifs is 3. The lowest BCUT2D eigenvalue weighted by molar-refractivity contribution is 1.39. The first kappa shape index (κ1) is 18.7. The van der Waals surface area contributed by atoms with Crippen molar-refractivity contribution in [3.05, 3.63) is 108 Å². The number of rotatable bonds is 2. The molecule has 0 radical (unpaired) electrons. The van der Waals surface area contributed by atoms with Crippen molar-refractivity contribution >= 4 is 32.8 Å². The second-order valence-corrected chi connectivity index (χ2v) is 8.44. The van der Waals surface area contributed by atoms with E-state index in [1.165, 1.54) is 21.9 Å². The molecular formula is C30H22N2. The summed E-state index contributed by atoms with van der Waals surface area (Å²) in [7, 11) is 0. The fourth-order valence-electron chi connectivity index (χ4n) is 4.55. The third-order valence-electron chi connectivity index (χ3n) is 6.19. The molecule has 0 saturated heterocycles. The van der Waals surface area contributed by atoms with Crippen LogP contribution in [0.5, 0.6) is 0 Å². The third kappa shape index (κ3) is 2.96. The summed E-state index contributed by atoms with van der Waals surface area (Å²) < 4.78 is 0. The van der Waals surface area contributed by atoms with E-state index in [1.807, 2.05) is 24.3 Å². The van der Waals surface area contributed by atoms with Gasteiger partial charge in [-0.15, -0.1) is 0 Å². The normalized spacial score (nSPS) is 11.4. The van der Waals surface area contributed by atoms with E-state index in [0.29, 0.717) is 0 Å². The predicted octanol–water partition coefficient (Wildman–Crippen LogP) is 7.89. The molecule has 0 atom stereocenters. The number of nitrogens with zero attached hydrogens (tertiary/aromatic N) is 2. The van der Waals surface area contributed by atoms with Crippen LogP contribution in [-0.4, -0.2) is 9.97 Å². The van der Waals surface area contributed by atoms with E-state index in [9.17, 15) is 0 Å². The first-order valence-electron chi connectivity index (χ1n) is 10.9. The molecule has 32 heavy (non-hydrogen) atoms. The van der Waals surface area contributed by atoms with Gasteiger partial charge >= 0.3 is 0 Å². The zero-order valence-corrected chi connectivity index (χ0v) is 18.1. The molecule has 0 aliphatic heterocycles. The Morgan fingerprint density at radius 3 is 1.22 bits per heavy atom. The second kappa shape index (κ2) is 7.28. The fraction of sp³-hybridized carbons (Fsp3) is 0.0667.